The van der Waals surface area contributed by atoms with Crippen LogP contribution in [-0.4, -0.2) is 29.1 Å². The third-order valence-corrected chi connectivity index (χ3v) is 4.04. The molecule has 3 rings (SSSR count). The number of aromatic nitrogens is 1. The standard InChI is InChI=1S/C20H20N2O5/c1-14(2)22(15-8-4-3-5-9-15)18(23)13-26-19(24)12-21-16-10-6-7-11-17(16)27-20(21)25/h3-11,14H,12-13H2,1-2H3. The number of benzene rings is 2. The van der Waals surface area contributed by atoms with Gasteiger partial charge in [0.05, 0.1) is 5.52 Å². The van der Waals surface area contributed by atoms with Crippen LogP contribution in [0.5, 0.6) is 0 Å². The predicted octanol–water partition coefficient (Wildman–Crippen LogP) is 2.58. The molecule has 0 aliphatic rings. The van der Waals surface area contributed by atoms with E-state index in [9.17, 15) is 14.4 Å². The van der Waals surface area contributed by atoms with Gasteiger partial charge in [-0.3, -0.25) is 14.2 Å². The summed E-state index contributed by atoms with van der Waals surface area (Å²) in [7, 11) is 0. The lowest BCUT2D eigenvalue weighted by molar-refractivity contribution is -0.148. The lowest BCUT2D eigenvalue weighted by Gasteiger charge is -2.26. The minimum absolute atomic E-state index is 0.0981. The van der Waals surface area contributed by atoms with Crippen LogP contribution in [-0.2, 0) is 20.9 Å². The largest absolute Gasteiger partial charge is 0.454 e. The minimum Gasteiger partial charge on any atom is -0.454 e. The molecule has 0 spiro atoms. The Morgan fingerprint density at radius 3 is 2.44 bits per heavy atom. The van der Waals surface area contributed by atoms with Crippen molar-refractivity contribution in [1.82, 2.24) is 4.57 Å². The third-order valence-electron chi connectivity index (χ3n) is 4.04. The molecule has 0 bridgehead atoms. The number of hydrogen-bond donors (Lipinski definition) is 0. The zero-order valence-corrected chi connectivity index (χ0v) is 15.1. The van der Waals surface area contributed by atoms with Gasteiger partial charge in [0.15, 0.2) is 12.2 Å². The Morgan fingerprint density at radius 1 is 1.07 bits per heavy atom. The van der Waals surface area contributed by atoms with Crippen LogP contribution in [0, 0.1) is 0 Å². The molecule has 0 fully saturated rings. The molecule has 27 heavy (non-hydrogen) atoms. The molecule has 2 aromatic carbocycles. The number of esters is 1. The van der Waals surface area contributed by atoms with Crippen LogP contribution in [0.1, 0.15) is 13.8 Å². The van der Waals surface area contributed by atoms with Gasteiger partial charge in [-0.2, -0.15) is 0 Å². The highest BCUT2D eigenvalue weighted by Gasteiger charge is 2.21. The van der Waals surface area contributed by atoms with Gasteiger partial charge in [0, 0.05) is 11.7 Å². The Labute approximate surface area is 155 Å². The zero-order valence-electron chi connectivity index (χ0n) is 15.1. The smallest absolute Gasteiger partial charge is 0.420 e. The van der Waals surface area contributed by atoms with Crippen LogP contribution in [0.15, 0.2) is 63.8 Å². The van der Waals surface area contributed by atoms with Crippen molar-refractivity contribution in [3.63, 3.8) is 0 Å². The summed E-state index contributed by atoms with van der Waals surface area (Å²) in [5.41, 5.74) is 1.62. The van der Waals surface area contributed by atoms with Crippen LogP contribution in [0.25, 0.3) is 11.1 Å². The molecule has 0 saturated carbocycles. The topological polar surface area (TPSA) is 81.8 Å². The summed E-state index contributed by atoms with van der Waals surface area (Å²) in [6, 6.07) is 15.9. The predicted molar refractivity (Wildman–Crippen MR) is 100 cm³/mol. The van der Waals surface area contributed by atoms with Crippen molar-refractivity contribution < 1.29 is 18.7 Å². The number of amides is 1. The number of carbonyl (C=O) groups excluding carboxylic acids is 2. The second-order valence-corrected chi connectivity index (χ2v) is 6.28. The van der Waals surface area contributed by atoms with Crippen molar-refractivity contribution in [3.05, 3.63) is 65.1 Å². The molecule has 0 unspecified atom stereocenters. The summed E-state index contributed by atoms with van der Waals surface area (Å²) in [5.74, 6) is -1.67. The Kier molecular flexibility index (Phi) is 5.40. The number of carbonyl (C=O) groups is 2. The zero-order chi connectivity index (χ0) is 19.4. The first-order valence-corrected chi connectivity index (χ1v) is 8.58. The van der Waals surface area contributed by atoms with E-state index in [4.69, 9.17) is 9.15 Å². The highest BCUT2D eigenvalue weighted by Crippen LogP contribution is 2.17. The fourth-order valence-electron chi connectivity index (χ4n) is 2.87. The van der Waals surface area contributed by atoms with Gasteiger partial charge in [-0.05, 0) is 38.1 Å². The molecule has 3 aromatic rings. The fourth-order valence-corrected chi connectivity index (χ4v) is 2.87. The summed E-state index contributed by atoms with van der Waals surface area (Å²) in [6.07, 6.45) is 0. The molecule has 7 heteroatoms. The van der Waals surface area contributed by atoms with Crippen LogP contribution < -0.4 is 10.7 Å². The number of rotatable bonds is 6. The molecule has 1 heterocycles. The molecule has 7 nitrogen and oxygen atoms in total. The highest BCUT2D eigenvalue weighted by molar-refractivity contribution is 5.95. The number of anilines is 1. The van der Waals surface area contributed by atoms with Crippen molar-refractivity contribution >= 4 is 28.7 Å². The molecule has 1 amide bonds. The van der Waals surface area contributed by atoms with E-state index in [0.717, 1.165) is 5.69 Å². The lowest BCUT2D eigenvalue weighted by atomic mass is 10.2. The van der Waals surface area contributed by atoms with E-state index >= 15 is 0 Å². The first kappa shape index (κ1) is 18.4. The number of ether oxygens (including phenoxy) is 1. The summed E-state index contributed by atoms with van der Waals surface area (Å²) in [6.45, 7) is 3.03. The first-order valence-electron chi connectivity index (χ1n) is 8.58. The van der Waals surface area contributed by atoms with E-state index in [1.165, 1.54) is 4.57 Å². The summed E-state index contributed by atoms with van der Waals surface area (Å²) >= 11 is 0. The van der Waals surface area contributed by atoms with Gasteiger partial charge in [0.2, 0.25) is 0 Å². The van der Waals surface area contributed by atoms with Gasteiger partial charge in [0.1, 0.15) is 6.54 Å². The summed E-state index contributed by atoms with van der Waals surface area (Å²) in [5, 5.41) is 0. The minimum atomic E-state index is -0.686. The van der Waals surface area contributed by atoms with Crippen molar-refractivity contribution in [2.24, 2.45) is 0 Å². The lowest BCUT2D eigenvalue weighted by Crippen LogP contribution is -2.40. The monoisotopic (exact) mass is 368 g/mol. The molecular weight excluding hydrogens is 348 g/mol. The number of fused-ring (bicyclic) bond motifs is 1. The van der Waals surface area contributed by atoms with Crippen LogP contribution in [0.3, 0.4) is 0 Å². The van der Waals surface area contributed by atoms with E-state index in [2.05, 4.69) is 0 Å². The SMILES string of the molecule is CC(C)N(C(=O)COC(=O)Cn1c(=O)oc2ccccc21)c1ccccc1. The van der Waals surface area contributed by atoms with Crippen molar-refractivity contribution in [1.29, 1.82) is 0 Å². The first-order chi connectivity index (χ1) is 13.0. The maximum Gasteiger partial charge on any atom is 0.420 e. The van der Waals surface area contributed by atoms with Crippen molar-refractivity contribution in [3.8, 4) is 0 Å². The van der Waals surface area contributed by atoms with E-state index in [0.29, 0.717) is 11.1 Å². The maximum atomic E-state index is 12.5. The maximum absolute atomic E-state index is 12.5. The highest BCUT2D eigenvalue weighted by atomic mass is 16.5. The molecular formula is C20H20N2O5. The molecule has 140 valence electrons. The molecule has 0 N–H and O–H groups in total. The number of oxazole rings is 1. The van der Waals surface area contributed by atoms with E-state index in [-0.39, 0.29) is 18.5 Å². The third kappa shape index (κ3) is 4.08. The summed E-state index contributed by atoms with van der Waals surface area (Å²) < 4.78 is 11.4. The quantitative estimate of drug-likeness (QED) is 0.625. The van der Waals surface area contributed by atoms with Gasteiger partial charge >= 0.3 is 11.7 Å². The normalized spacial score (nSPS) is 10.9. The van der Waals surface area contributed by atoms with Crippen molar-refractivity contribution in [2.75, 3.05) is 11.5 Å². The molecule has 1 aromatic heterocycles. The molecule has 0 aliphatic heterocycles. The second-order valence-electron chi connectivity index (χ2n) is 6.28. The molecule has 0 radical (unpaired) electrons. The molecule has 0 aliphatic carbocycles. The summed E-state index contributed by atoms with van der Waals surface area (Å²) in [4.78, 5) is 38.1. The van der Waals surface area contributed by atoms with Gasteiger partial charge in [0.25, 0.3) is 5.91 Å². The van der Waals surface area contributed by atoms with Gasteiger partial charge in [-0.25, -0.2) is 4.79 Å². The second kappa shape index (κ2) is 7.90. The van der Waals surface area contributed by atoms with Gasteiger partial charge in [-0.15, -0.1) is 0 Å². The van der Waals surface area contributed by atoms with Gasteiger partial charge < -0.3 is 14.1 Å². The Bertz CT molecular complexity index is 1000. The Morgan fingerprint density at radius 2 is 1.74 bits per heavy atom. The number of hydrogen-bond acceptors (Lipinski definition) is 5. The van der Waals surface area contributed by atoms with E-state index < -0.39 is 18.3 Å². The van der Waals surface area contributed by atoms with Crippen molar-refractivity contribution in [2.45, 2.75) is 26.4 Å². The fraction of sp³-hybridized carbons (Fsp3) is 0.250. The molecule has 0 atom stereocenters. The number of para-hydroxylation sites is 3. The van der Waals surface area contributed by atoms with Crippen LogP contribution >= 0.6 is 0 Å². The Hall–Kier alpha value is -3.35. The van der Waals surface area contributed by atoms with Crippen LogP contribution in [0.2, 0.25) is 0 Å². The van der Waals surface area contributed by atoms with Crippen LogP contribution in [0.4, 0.5) is 5.69 Å². The Balaban J connectivity index is 1.67. The average molecular weight is 368 g/mol. The average Bonchev–Trinajstić information content (AvgIpc) is 2.96. The number of nitrogens with zero attached hydrogens (tertiary/aromatic N) is 2. The van der Waals surface area contributed by atoms with E-state index in [1.54, 1.807) is 29.2 Å². The van der Waals surface area contributed by atoms with E-state index in [1.807, 2.05) is 44.2 Å². The molecule has 0 saturated heterocycles. The van der Waals surface area contributed by atoms with Gasteiger partial charge in [-0.1, -0.05) is 30.3 Å².